The van der Waals surface area contributed by atoms with Crippen molar-refractivity contribution in [2.45, 2.75) is 25.8 Å². The van der Waals surface area contributed by atoms with Gasteiger partial charge in [-0.05, 0) is 6.07 Å². The van der Waals surface area contributed by atoms with Gasteiger partial charge in [0.25, 0.3) is 5.69 Å². The number of ketones is 1. The lowest BCUT2D eigenvalue weighted by Gasteiger charge is -2.08. The fourth-order valence-corrected chi connectivity index (χ4v) is 1.39. The number of non-ortho nitro benzene ring substituents is 1. The van der Waals surface area contributed by atoms with Gasteiger partial charge in [-0.1, -0.05) is 13.0 Å². The molecule has 1 rings (SSSR count). The van der Waals surface area contributed by atoms with Crippen LogP contribution in [0.1, 0.15) is 19.8 Å². The Bertz CT molecular complexity index is 501. The third-order valence-electron chi connectivity index (χ3n) is 2.41. The lowest BCUT2D eigenvalue weighted by atomic mass is 10.1. The first kappa shape index (κ1) is 14.8. The van der Waals surface area contributed by atoms with Crippen molar-refractivity contribution in [1.82, 2.24) is 0 Å². The third kappa shape index (κ3) is 4.47. The van der Waals surface area contributed by atoms with Gasteiger partial charge in [-0.2, -0.15) is 0 Å². The summed E-state index contributed by atoms with van der Waals surface area (Å²) in [6, 6.07) is 4.32. The minimum Gasteiger partial charge on any atom is -0.426 e. The van der Waals surface area contributed by atoms with Crippen molar-refractivity contribution in [3.8, 4) is 5.75 Å². The number of nitro benzene ring substituents is 1. The molecule has 0 aliphatic heterocycles. The van der Waals surface area contributed by atoms with E-state index < -0.39 is 16.9 Å². The van der Waals surface area contributed by atoms with Crippen molar-refractivity contribution in [2.24, 2.45) is 5.73 Å². The van der Waals surface area contributed by atoms with Crippen LogP contribution in [0, 0.1) is 10.1 Å². The van der Waals surface area contributed by atoms with E-state index in [9.17, 15) is 19.7 Å². The van der Waals surface area contributed by atoms with Gasteiger partial charge in [-0.25, -0.2) is 0 Å². The lowest BCUT2D eigenvalue weighted by Crippen LogP contribution is -2.33. The molecule has 0 aliphatic rings. The molecule has 1 aromatic carbocycles. The summed E-state index contributed by atoms with van der Waals surface area (Å²) >= 11 is 0. The van der Waals surface area contributed by atoms with Crippen molar-refractivity contribution in [3.05, 3.63) is 34.4 Å². The second-order valence-corrected chi connectivity index (χ2v) is 3.86. The SMILES string of the molecule is CCC(=O)C(N)CC(=O)Oc1cccc([N+](=O)[O-])c1. The lowest BCUT2D eigenvalue weighted by molar-refractivity contribution is -0.384. The summed E-state index contributed by atoms with van der Waals surface area (Å²) in [4.78, 5) is 32.7. The molecule has 7 heteroatoms. The Kier molecular flexibility index (Phi) is 5.13. The highest BCUT2D eigenvalue weighted by Gasteiger charge is 2.18. The maximum absolute atomic E-state index is 11.5. The second-order valence-electron chi connectivity index (χ2n) is 3.86. The summed E-state index contributed by atoms with van der Waals surface area (Å²) in [5.41, 5.74) is 5.32. The molecule has 102 valence electrons. The molecule has 1 aromatic rings. The highest BCUT2D eigenvalue weighted by molar-refractivity contribution is 5.88. The minimum atomic E-state index is -0.906. The summed E-state index contributed by atoms with van der Waals surface area (Å²) in [6.07, 6.45) is -0.0133. The van der Waals surface area contributed by atoms with Crippen LogP contribution in [0.4, 0.5) is 5.69 Å². The number of carbonyl (C=O) groups excluding carboxylic acids is 2. The summed E-state index contributed by atoms with van der Waals surface area (Å²) in [5, 5.41) is 10.5. The smallest absolute Gasteiger partial charge is 0.313 e. The second kappa shape index (κ2) is 6.60. The highest BCUT2D eigenvalue weighted by Crippen LogP contribution is 2.19. The van der Waals surface area contributed by atoms with Crippen molar-refractivity contribution in [3.63, 3.8) is 0 Å². The molecule has 0 aromatic heterocycles. The predicted octanol–water partition coefficient (Wildman–Crippen LogP) is 1.20. The first-order valence-corrected chi connectivity index (χ1v) is 5.67. The van der Waals surface area contributed by atoms with E-state index in [0.717, 1.165) is 6.07 Å². The van der Waals surface area contributed by atoms with Gasteiger partial charge in [0.2, 0.25) is 0 Å². The van der Waals surface area contributed by atoms with E-state index in [1.807, 2.05) is 0 Å². The molecule has 0 radical (unpaired) electrons. The Labute approximate surface area is 109 Å². The number of nitrogens with two attached hydrogens (primary N) is 1. The van der Waals surface area contributed by atoms with E-state index in [4.69, 9.17) is 10.5 Å². The Morgan fingerprint density at radius 3 is 2.74 bits per heavy atom. The number of carbonyl (C=O) groups is 2. The van der Waals surface area contributed by atoms with Gasteiger partial charge in [0, 0.05) is 12.5 Å². The van der Waals surface area contributed by atoms with Crippen molar-refractivity contribution >= 4 is 17.4 Å². The van der Waals surface area contributed by atoms with Crippen molar-refractivity contribution in [2.75, 3.05) is 0 Å². The topological polar surface area (TPSA) is 113 Å². The first-order valence-electron chi connectivity index (χ1n) is 5.67. The normalized spacial score (nSPS) is 11.7. The summed E-state index contributed by atoms with van der Waals surface area (Å²) < 4.78 is 4.89. The quantitative estimate of drug-likeness (QED) is 0.358. The molecule has 0 fully saturated rings. The monoisotopic (exact) mass is 266 g/mol. The van der Waals surface area contributed by atoms with E-state index in [0.29, 0.717) is 0 Å². The number of nitro groups is 1. The average Bonchev–Trinajstić information content (AvgIpc) is 2.37. The average molecular weight is 266 g/mol. The predicted molar refractivity (Wildman–Crippen MR) is 66.6 cm³/mol. The number of ether oxygens (including phenoxy) is 1. The molecule has 19 heavy (non-hydrogen) atoms. The van der Waals surface area contributed by atoms with Gasteiger partial charge in [0.1, 0.15) is 11.5 Å². The van der Waals surface area contributed by atoms with Crippen LogP contribution < -0.4 is 10.5 Å². The zero-order valence-corrected chi connectivity index (χ0v) is 10.4. The molecule has 0 aliphatic carbocycles. The number of nitrogens with zero attached hydrogens (tertiary/aromatic N) is 1. The van der Waals surface area contributed by atoms with Crippen LogP contribution in [0.3, 0.4) is 0 Å². The Morgan fingerprint density at radius 1 is 1.47 bits per heavy atom. The van der Waals surface area contributed by atoms with E-state index in [1.165, 1.54) is 18.2 Å². The Hall–Kier alpha value is -2.28. The largest absolute Gasteiger partial charge is 0.426 e. The zero-order chi connectivity index (χ0) is 14.4. The van der Waals surface area contributed by atoms with Crippen molar-refractivity contribution < 1.29 is 19.2 Å². The molecule has 1 atom stereocenters. The molecular weight excluding hydrogens is 252 g/mol. The number of esters is 1. The van der Waals surface area contributed by atoms with Crippen molar-refractivity contribution in [1.29, 1.82) is 0 Å². The van der Waals surface area contributed by atoms with Crippen LogP contribution in [-0.4, -0.2) is 22.7 Å². The summed E-state index contributed by atoms with van der Waals surface area (Å²) in [7, 11) is 0. The fourth-order valence-electron chi connectivity index (χ4n) is 1.39. The van der Waals surface area contributed by atoms with Gasteiger partial charge in [-0.15, -0.1) is 0 Å². The molecule has 0 bridgehead atoms. The molecule has 0 heterocycles. The minimum absolute atomic E-state index is 0.0512. The highest BCUT2D eigenvalue weighted by atomic mass is 16.6. The van der Waals surface area contributed by atoms with Gasteiger partial charge >= 0.3 is 5.97 Å². The standard InChI is InChI=1S/C12H14N2O5/c1-2-11(15)10(13)7-12(16)19-9-5-3-4-8(6-9)14(17)18/h3-6,10H,2,7,13H2,1H3. The molecule has 0 saturated heterocycles. The van der Waals surface area contributed by atoms with Gasteiger partial charge in [0.15, 0.2) is 0 Å². The third-order valence-corrected chi connectivity index (χ3v) is 2.41. The summed E-state index contributed by atoms with van der Waals surface area (Å²) in [6.45, 7) is 1.65. The number of benzene rings is 1. The van der Waals surface area contributed by atoms with Crippen LogP contribution in [-0.2, 0) is 9.59 Å². The van der Waals surface area contributed by atoms with Gasteiger partial charge < -0.3 is 10.5 Å². The van der Waals surface area contributed by atoms with Gasteiger partial charge in [0.05, 0.1) is 23.5 Å². The van der Waals surface area contributed by atoms with Crippen LogP contribution >= 0.6 is 0 Å². The zero-order valence-electron chi connectivity index (χ0n) is 10.4. The van der Waals surface area contributed by atoms with Crippen LogP contribution in [0.2, 0.25) is 0 Å². The molecule has 0 spiro atoms. The maximum atomic E-state index is 11.5. The van der Waals surface area contributed by atoms with E-state index in [1.54, 1.807) is 6.92 Å². The molecule has 7 nitrogen and oxygen atoms in total. The molecule has 1 unspecified atom stereocenters. The first-order chi connectivity index (χ1) is 8.93. The van der Waals surface area contributed by atoms with E-state index in [2.05, 4.69) is 0 Å². The number of hydrogen-bond acceptors (Lipinski definition) is 6. The van der Waals surface area contributed by atoms with E-state index >= 15 is 0 Å². The van der Waals surface area contributed by atoms with Gasteiger partial charge in [-0.3, -0.25) is 19.7 Å². The number of hydrogen-bond donors (Lipinski definition) is 1. The van der Waals surface area contributed by atoms with Crippen LogP contribution in [0.5, 0.6) is 5.75 Å². The molecule has 0 amide bonds. The van der Waals surface area contributed by atoms with Crippen LogP contribution in [0.25, 0.3) is 0 Å². The Balaban J connectivity index is 2.64. The molecule has 0 saturated carbocycles. The fraction of sp³-hybridized carbons (Fsp3) is 0.333. The van der Waals surface area contributed by atoms with E-state index in [-0.39, 0.29) is 30.1 Å². The molecule has 2 N–H and O–H groups in total. The maximum Gasteiger partial charge on any atom is 0.313 e. The van der Waals surface area contributed by atoms with Crippen LogP contribution in [0.15, 0.2) is 24.3 Å². The number of Topliss-reactive ketones (excluding diaryl/α,β-unsaturated/α-hetero) is 1. The Morgan fingerprint density at radius 2 is 2.16 bits per heavy atom. The molecular formula is C12H14N2O5. The summed E-state index contributed by atoms with van der Waals surface area (Å²) in [5.74, 6) is -0.888. The number of rotatable bonds is 6.